The van der Waals surface area contributed by atoms with Crippen molar-refractivity contribution in [2.45, 2.75) is 32.4 Å². The first-order valence-electron chi connectivity index (χ1n) is 12.1. The van der Waals surface area contributed by atoms with E-state index in [1.807, 2.05) is 0 Å². The monoisotopic (exact) mass is 539 g/mol. The van der Waals surface area contributed by atoms with Gasteiger partial charge < -0.3 is 14.7 Å². The van der Waals surface area contributed by atoms with Crippen molar-refractivity contribution >= 4 is 34.4 Å². The van der Waals surface area contributed by atoms with Gasteiger partial charge in [0.25, 0.3) is 0 Å². The molecule has 0 unspecified atom stereocenters. The van der Waals surface area contributed by atoms with E-state index in [9.17, 15) is 18.4 Å². The fourth-order valence-corrected chi connectivity index (χ4v) is 5.25. The van der Waals surface area contributed by atoms with Gasteiger partial charge in [-0.2, -0.15) is 5.10 Å². The minimum absolute atomic E-state index is 0.0312. The molecule has 0 fully saturated rings. The van der Waals surface area contributed by atoms with Crippen molar-refractivity contribution < 1.29 is 28.2 Å². The lowest BCUT2D eigenvalue weighted by atomic mass is 9.87. The molecule has 0 saturated carbocycles. The summed E-state index contributed by atoms with van der Waals surface area (Å²) in [6, 6.07) is 13.2. The first kappa shape index (κ1) is 25.7. The Balaban J connectivity index is 1.51. The summed E-state index contributed by atoms with van der Waals surface area (Å²) < 4.78 is 35.7. The number of hydrogen-bond donors (Lipinski definition) is 1. The Kier molecular flexibility index (Phi) is 7.03. The number of amides is 1. The number of carbonyl (C=O) groups is 2. The van der Waals surface area contributed by atoms with Gasteiger partial charge in [-0.3, -0.25) is 9.48 Å². The van der Waals surface area contributed by atoms with E-state index in [2.05, 4.69) is 5.10 Å². The third kappa shape index (κ3) is 4.93. The molecule has 3 aromatic carbocycles. The largest absolute Gasteiger partial charge is 0.482 e. The first-order valence-corrected chi connectivity index (χ1v) is 12.4. The highest BCUT2D eigenvalue weighted by Crippen LogP contribution is 2.41. The Morgan fingerprint density at radius 3 is 2.74 bits per heavy atom. The topological polar surface area (TPSA) is 84.7 Å². The highest BCUT2D eigenvalue weighted by atomic mass is 35.5. The normalized spacial score (nSPS) is 14.9. The predicted molar refractivity (Wildman–Crippen MR) is 137 cm³/mol. The molecule has 196 valence electrons. The molecule has 2 heterocycles. The molecule has 1 aliphatic rings. The molecule has 0 radical (unpaired) electrons. The molecule has 0 spiro atoms. The predicted octanol–water partition coefficient (Wildman–Crippen LogP) is 5.30. The number of carboxylic acids is 1. The fraction of sp³-hybridized carbons (Fsp3) is 0.250. The molecule has 1 atom stereocenters. The van der Waals surface area contributed by atoms with Crippen molar-refractivity contribution in [1.29, 1.82) is 0 Å². The molecule has 5 rings (SSSR count). The number of hydrogen-bond acceptors (Lipinski definition) is 4. The van der Waals surface area contributed by atoms with Crippen LogP contribution in [0, 0.1) is 18.6 Å². The zero-order chi connectivity index (χ0) is 27.0. The van der Waals surface area contributed by atoms with Crippen LogP contribution < -0.4 is 4.74 Å². The Morgan fingerprint density at radius 1 is 1.13 bits per heavy atom. The number of benzene rings is 3. The summed E-state index contributed by atoms with van der Waals surface area (Å²) in [5.74, 6) is -1.93. The molecule has 0 saturated heterocycles. The number of fused-ring (bicyclic) bond motifs is 2. The summed E-state index contributed by atoms with van der Waals surface area (Å²) >= 11 is 6.31. The maximum Gasteiger partial charge on any atom is 0.341 e. The number of halogens is 3. The Bertz CT molecular complexity index is 1550. The fourth-order valence-electron chi connectivity index (χ4n) is 5.07. The Morgan fingerprint density at radius 2 is 1.95 bits per heavy atom. The molecule has 1 N–H and O–H groups in total. The van der Waals surface area contributed by atoms with Crippen molar-refractivity contribution in [1.82, 2.24) is 14.7 Å². The van der Waals surface area contributed by atoms with Gasteiger partial charge >= 0.3 is 5.97 Å². The van der Waals surface area contributed by atoms with E-state index in [1.54, 1.807) is 48.2 Å². The van der Waals surface area contributed by atoms with E-state index >= 15 is 0 Å². The highest BCUT2D eigenvalue weighted by molar-refractivity contribution is 6.30. The summed E-state index contributed by atoms with van der Waals surface area (Å²) in [5.41, 5.74) is 2.93. The van der Waals surface area contributed by atoms with Crippen molar-refractivity contribution in [2.75, 3.05) is 13.2 Å². The lowest BCUT2D eigenvalue weighted by Crippen LogP contribution is -2.41. The minimum atomic E-state index is -1.15. The van der Waals surface area contributed by atoms with E-state index in [0.717, 1.165) is 5.56 Å². The Labute approximate surface area is 222 Å². The van der Waals surface area contributed by atoms with Crippen LogP contribution in [0.2, 0.25) is 5.02 Å². The number of carboxylic acid groups (broad SMARTS) is 1. The van der Waals surface area contributed by atoms with Crippen LogP contribution in [0.15, 0.2) is 54.6 Å². The number of aryl methyl sites for hydroxylation is 2. The van der Waals surface area contributed by atoms with Gasteiger partial charge in [0.2, 0.25) is 5.91 Å². The third-order valence-electron chi connectivity index (χ3n) is 6.71. The van der Waals surface area contributed by atoms with Crippen molar-refractivity contribution in [3.8, 4) is 5.75 Å². The van der Waals surface area contributed by atoms with E-state index in [1.165, 1.54) is 22.9 Å². The molecule has 4 aromatic rings. The molecule has 1 aliphatic heterocycles. The first-order chi connectivity index (χ1) is 18.2. The lowest BCUT2D eigenvalue weighted by molar-refractivity contribution is -0.139. The summed E-state index contributed by atoms with van der Waals surface area (Å²) in [7, 11) is 0. The molecule has 1 aromatic heterocycles. The standard InChI is InChI=1S/C28H24ClF2N3O4/c1-16-20-3-2-4-23(31)28(20)34(32-16)12-10-25(35)33-11-9-17-13-19(30)6-7-21(17)27(33)22-14-18(29)5-8-24(22)38-15-26(36)37/h2-8,13-14,27H,9-12,15H2,1H3,(H,36,37)/t27-/m0/s1. The number of aliphatic carboxylic acids is 1. The second kappa shape index (κ2) is 10.4. The Hall–Kier alpha value is -3.98. The van der Waals surface area contributed by atoms with Crippen LogP contribution in [0.5, 0.6) is 5.75 Å². The summed E-state index contributed by atoms with van der Waals surface area (Å²) in [6.45, 7) is 1.65. The number of para-hydroxylation sites is 1. The van der Waals surface area contributed by atoms with Gasteiger partial charge in [0.1, 0.15) is 22.9 Å². The van der Waals surface area contributed by atoms with Gasteiger partial charge in [-0.25, -0.2) is 13.6 Å². The number of aromatic nitrogens is 2. The van der Waals surface area contributed by atoms with Gasteiger partial charge in [0, 0.05) is 28.9 Å². The average Bonchev–Trinajstić information content (AvgIpc) is 3.22. The number of nitrogens with zero attached hydrogens (tertiary/aromatic N) is 3. The van der Waals surface area contributed by atoms with E-state index in [0.29, 0.717) is 39.2 Å². The van der Waals surface area contributed by atoms with Crippen molar-refractivity contribution in [3.63, 3.8) is 0 Å². The van der Waals surface area contributed by atoms with E-state index in [-0.39, 0.29) is 31.2 Å². The maximum atomic E-state index is 14.6. The van der Waals surface area contributed by atoms with E-state index < -0.39 is 30.3 Å². The molecule has 1 amide bonds. The zero-order valence-electron chi connectivity index (χ0n) is 20.5. The van der Waals surface area contributed by atoms with Crippen LogP contribution in [0.3, 0.4) is 0 Å². The summed E-state index contributed by atoms with van der Waals surface area (Å²) in [4.78, 5) is 26.5. The van der Waals surface area contributed by atoms with E-state index in [4.69, 9.17) is 21.4 Å². The number of ether oxygens (including phenoxy) is 1. The van der Waals surface area contributed by atoms with Crippen molar-refractivity contribution in [3.05, 3.63) is 93.6 Å². The molecule has 38 heavy (non-hydrogen) atoms. The molecular weight excluding hydrogens is 516 g/mol. The van der Waals surface area contributed by atoms with Crippen LogP contribution in [-0.4, -0.2) is 44.8 Å². The lowest BCUT2D eigenvalue weighted by Gasteiger charge is -2.38. The summed E-state index contributed by atoms with van der Waals surface area (Å²) in [6.07, 6.45) is 0.461. The van der Waals surface area contributed by atoms with Crippen LogP contribution in [0.4, 0.5) is 8.78 Å². The molecular formula is C28H24ClF2N3O4. The highest BCUT2D eigenvalue weighted by Gasteiger charge is 2.34. The summed E-state index contributed by atoms with van der Waals surface area (Å²) in [5, 5.41) is 14.6. The molecule has 10 heteroatoms. The van der Waals surface area contributed by atoms with Crippen LogP contribution in [0.1, 0.15) is 34.8 Å². The molecule has 0 aliphatic carbocycles. The second-order valence-corrected chi connectivity index (χ2v) is 9.58. The smallest absolute Gasteiger partial charge is 0.341 e. The molecule has 7 nitrogen and oxygen atoms in total. The van der Waals surface area contributed by atoms with Gasteiger partial charge in [0.15, 0.2) is 6.61 Å². The molecule has 0 bridgehead atoms. The van der Waals surface area contributed by atoms with Crippen LogP contribution in [-0.2, 0) is 22.6 Å². The number of rotatable bonds is 7. The van der Waals surface area contributed by atoms with Gasteiger partial charge in [-0.1, -0.05) is 29.8 Å². The zero-order valence-corrected chi connectivity index (χ0v) is 21.2. The van der Waals surface area contributed by atoms with Gasteiger partial charge in [0.05, 0.1) is 18.3 Å². The van der Waals surface area contributed by atoms with Crippen LogP contribution in [0.25, 0.3) is 10.9 Å². The minimum Gasteiger partial charge on any atom is -0.482 e. The third-order valence-corrected chi connectivity index (χ3v) is 6.95. The quantitative estimate of drug-likeness (QED) is 0.344. The van der Waals surface area contributed by atoms with Crippen molar-refractivity contribution in [2.24, 2.45) is 0 Å². The average molecular weight is 540 g/mol. The maximum absolute atomic E-state index is 14.6. The SMILES string of the molecule is Cc1nn(CCC(=O)N2CCc3cc(F)ccc3[C@H]2c2cc(Cl)ccc2OCC(=O)O)c2c(F)cccc12. The number of carbonyl (C=O) groups excluding carboxylic acids is 1. The second-order valence-electron chi connectivity index (χ2n) is 9.14. The van der Waals surface area contributed by atoms with Gasteiger partial charge in [-0.05, 0) is 60.9 Å². The van der Waals surface area contributed by atoms with Crippen LogP contribution >= 0.6 is 11.6 Å². The van der Waals surface area contributed by atoms with Gasteiger partial charge in [-0.15, -0.1) is 0 Å².